The Morgan fingerprint density at radius 1 is 0.830 bits per heavy atom. The molecule has 0 aliphatic carbocycles. The van der Waals surface area contributed by atoms with Crippen LogP contribution in [0.2, 0.25) is 0 Å². The van der Waals surface area contributed by atoms with Crippen LogP contribution in [0.1, 0.15) is 38.2 Å². The summed E-state index contributed by atoms with van der Waals surface area (Å²) in [4.78, 5) is 23.2. The highest BCUT2D eigenvalue weighted by atomic mass is 32.1. The lowest BCUT2D eigenvalue weighted by Crippen LogP contribution is -2.29. The Labute approximate surface area is 267 Å². The maximum Gasteiger partial charge on any atom is 0.416 e. The van der Waals surface area contributed by atoms with E-state index in [0.717, 1.165) is 48.1 Å². The van der Waals surface area contributed by atoms with Crippen LogP contribution in [-0.4, -0.2) is 33.2 Å². The number of methoxy groups -OCH3 is 1. The third-order valence-corrected chi connectivity index (χ3v) is 7.77. The quantitative estimate of drug-likeness (QED) is 0.113. The smallest absolute Gasteiger partial charge is 0.416 e. The summed E-state index contributed by atoms with van der Waals surface area (Å²) in [5.41, 5.74) is 1.46. The highest BCUT2D eigenvalue weighted by Crippen LogP contribution is 2.45. The first-order valence-corrected chi connectivity index (χ1v) is 14.3. The van der Waals surface area contributed by atoms with Crippen LogP contribution in [0.4, 0.5) is 26.3 Å². The molecule has 2 heterocycles. The summed E-state index contributed by atoms with van der Waals surface area (Å²) in [5, 5.41) is 11.7. The molecule has 0 fully saturated rings. The Morgan fingerprint density at radius 3 is 1.96 bits per heavy atom. The zero-order chi connectivity index (χ0) is 34.0. The summed E-state index contributed by atoms with van der Waals surface area (Å²) in [5.74, 6) is -2.35. The Morgan fingerprint density at radius 2 is 1.40 bits per heavy atom. The van der Waals surface area contributed by atoms with Crippen molar-refractivity contribution in [3.63, 3.8) is 0 Å². The molecule has 1 aliphatic rings. The molecule has 5 aromatic rings. The normalized spacial score (nSPS) is 16.5. The fourth-order valence-corrected chi connectivity index (χ4v) is 5.31. The molecule has 242 valence electrons. The summed E-state index contributed by atoms with van der Waals surface area (Å²) >= 11 is 1.03. The first kappa shape index (κ1) is 33.3. The first-order valence-electron chi connectivity index (χ1n) is 13.6. The topological polar surface area (TPSA) is 98.6 Å². The van der Waals surface area contributed by atoms with E-state index in [9.17, 15) is 41.0 Å². The number of alkyl halides is 6. The van der Waals surface area contributed by atoms with Gasteiger partial charge in [-0.3, -0.25) is 4.79 Å². The average molecular weight is 673 g/mol. The average Bonchev–Trinajstić information content (AvgIpc) is 3.62. The second kappa shape index (κ2) is 13.0. The van der Waals surface area contributed by atoms with Crippen molar-refractivity contribution in [1.29, 1.82) is 0 Å². The number of hydrogen-bond acceptors (Lipinski definition) is 8. The Hall–Kier alpha value is -5.08. The van der Waals surface area contributed by atoms with Gasteiger partial charge in [0.2, 0.25) is 0 Å². The lowest BCUT2D eigenvalue weighted by Gasteiger charge is -2.26. The minimum atomic E-state index is -4.48. The summed E-state index contributed by atoms with van der Waals surface area (Å²) in [6.07, 6.45) is -8.34. The van der Waals surface area contributed by atoms with E-state index in [2.05, 4.69) is 8.75 Å². The molecule has 0 bridgehead atoms. The molecule has 0 saturated heterocycles. The van der Waals surface area contributed by atoms with Gasteiger partial charge in [0, 0.05) is 23.1 Å². The fourth-order valence-electron chi connectivity index (χ4n) is 4.79. The van der Waals surface area contributed by atoms with Crippen molar-refractivity contribution in [3.05, 3.63) is 130 Å². The summed E-state index contributed by atoms with van der Waals surface area (Å²) in [7, 11) is 1.50. The molecule has 14 heteroatoms. The number of aliphatic hydroxyl groups is 1. The van der Waals surface area contributed by atoms with Gasteiger partial charge in [0.25, 0.3) is 5.79 Å². The number of aromatic nitrogens is 2. The van der Waals surface area contributed by atoms with E-state index >= 15 is 0 Å². The number of hydrogen-bond donors (Lipinski definition) is 1. The summed E-state index contributed by atoms with van der Waals surface area (Å²) in [6, 6.07) is 20.0. The van der Waals surface area contributed by atoms with Crippen molar-refractivity contribution in [2.24, 2.45) is 0 Å². The maximum absolute atomic E-state index is 13.1. The number of carbonyl (C=O) groups excluding carboxylic acids is 2. The van der Waals surface area contributed by atoms with Gasteiger partial charge in [-0.25, -0.2) is 4.79 Å². The van der Waals surface area contributed by atoms with Crippen molar-refractivity contribution >= 4 is 40.6 Å². The largest absolute Gasteiger partial charge is 0.497 e. The molecule has 0 radical (unpaired) electrons. The molecule has 1 aliphatic heterocycles. The number of aldehydes is 1. The molecule has 1 atom stereocenters. The van der Waals surface area contributed by atoms with E-state index in [-0.39, 0.29) is 28.7 Å². The number of ether oxygens (including phenoxy) is 2. The number of carbonyl (C=O) groups is 2. The molecule has 0 amide bonds. The number of benzene rings is 4. The molecule has 1 N–H and O–H groups in total. The van der Waals surface area contributed by atoms with Crippen LogP contribution in [0.15, 0.2) is 96.6 Å². The first-order chi connectivity index (χ1) is 22.2. The van der Waals surface area contributed by atoms with Gasteiger partial charge in [-0.1, -0.05) is 30.3 Å². The second-order valence-electron chi connectivity index (χ2n) is 10.2. The highest BCUT2D eigenvalue weighted by molar-refractivity contribution is 7.00. The van der Waals surface area contributed by atoms with E-state index in [1.807, 2.05) is 0 Å². The van der Waals surface area contributed by atoms with Gasteiger partial charge in [-0.15, -0.1) is 0 Å². The van der Waals surface area contributed by atoms with E-state index in [1.54, 1.807) is 42.5 Å². The molecular weight excluding hydrogens is 650 g/mol. The summed E-state index contributed by atoms with van der Waals surface area (Å²) in [6.45, 7) is 0. The van der Waals surface area contributed by atoms with E-state index in [0.29, 0.717) is 34.2 Å². The number of cyclic esters (lactones) is 1. The zero-order valence-corrected chi connectivity index (χ0v) is 24.9. The van der Waals surface area contributed by atoms with Crippen LogP contribution < -0.4 is 4.74 Å². The molecular formula is C33H22F6N2O5S. The Kier molecular flexibility index (Phi) is 9.18. The van der Waals surface area contributed by atoms with Gasteiger partial charge in [-0.2, -0.15) is 35.1 Å². The van der Waals surface area contributed by atoms with Crippen LogP contribution in [0.3, 0.4) is 0 Å². The van der Waals surface area contributed by atoms with Gasteiger partial charge in [0.05, 0.1) is 35.5 Å². The predicted octanol–water partition coefficient (Wildman–Crippen LogP) is 7.64. The SMILES string of the molecule is COc1ccc(C2(O)OC(=O)C(c3ccc4nsnc4c3)=C2Cc2ccc(C(F)(F)F)cc2)cc1.O=Cc1ccc(C(F)(F)F)cc1. The van der Waals surface area contributed by atoms with E-state index in [4.69, 9.17) is 9.47 Å². The molecule has 1 unspecified atom stereocenters. The van der Waals surface area contributed by atoms with Crippen LogP contribution in [0.5, 0.6) is 5.75 Å². The van der Waals surface area contributed by atoms with Gasteiger partial charge in [0.1, 0.15) is 23.1 Å². The zero-order valence-electron chi connectivity index (χ0n) is 24.1. The standard InChI is InChI=1S/C25H17F3N2O4S.C8H5F3O/c1-33-18-9-7-16(8-10-18)24(32)19(12-14-2-5-17(6-3-14)25(26,27)28)22(23(31)34-24)15-4-11-20-21(13-15)30-35-29-20;9-8(10,11)7-3-1-6(5-12)2-4-7/h2-11,13,32H,12H2,1H3;1-5H. The monoisotopic (exact) mass is 672 g/mol. The fraction of sp³-hybridized carbons (Fsp3) is 0.152. The minimum absolute atomic E-state index is 0.0326. The highest BCUT2D eigenvalue weighted by Gasteiger charge is 2.48. The van der Waals surface area contributed by atoms with Crippen molar-refractivity contribution in [2.75, 3.05) is 7.11 Å². The molecule has 4 aromatic carbocycles. The van der Waals surface area contributed by atoms with E-state index in [1.165, 1.54) is 19.2 Å². The predicted molar refractivity (Wildman–Crippen MR) is 159 cm³/mol. The van der Waals surface area contributed by atoms with Gasteiger partial charge in [0.15, 0.2) is 0 Å². The van der Waals surface area contributed by atoms with Gasteiger partial charge >= 0.3 is 18.3 Å². The third-order valence-electron chi connectivity index (χ3n) is 7.22. The van der Waals surface area contributed by atoms with Crippen molar-refractivity contribution < 1.29 is 50.5 Å². The Balaban J connectivity index is 0.000000305. The summed E-state index contributed by atoms with van der Waals surface area (Å²) < 4.78 is 93.9. The lowest BCUT2D eigenvalue weighted by molar-refractivity contribution is -0.185. The number of fused-ring (bicyclic) bond motifs is 1. The lowest BCUT2D eigenvalue weighted by atomic mass is 9.88. The second-order valence-corrected chi connectivity index (χ2v) is 10.7. The van der Waals surface area contributed by atoms with Crippen LogP contribution in [0, 0.1) is 0 Å². The number of halogens is 6. The van der Waals surface area contributed by atoms with Crippen molar-refractivity contribution in [3.8, 4) is 5.75 Å². The van der Waals surface area contributed by atoms with Crippen LogP contribution in [0.25, 0.3) is 16.6 Å². The minimum Gasteiger partial charge on any atom is -0.497 e. The molecule has 0 saturated carbocycles. The number of rotatable bonds is 6. The van der Waals surface area contributed by atoms with Crippen LogP contribution >= 0.6 is 11.7 Å². The molecule has 6 rings (SSSR count). The molecule has 0 spiro atoms. The molecule has 7 nitrogen and oxygen atoms in total. The Bertz CT molecular complexity index is 1940. The van der Waals surface area contributed by atoms with Crippen molar-refractivity contribution in [1.82, 2.24) is 8.75 Å². The molecule has 1 aromatic heterocycles. The van der Waals surface area contributed by atoms with Crippen LogP contribution in [-0.2, 0) is 34.1 Å². The number of nitrogens with zero attached hydrogens (tertiary/aromatic N) is 2. The number of esters is 1. The van der Waals surface area contributed by atoms with Gasteiger partial charge < -0.3 is 14.6 Å². The van der Waals surface area contributed by atoms with E-state index < -0.39 is 35.2 Å². The maximum atomic E-state index is 13.1. The van der Waals surface area contributed by atoms with Crippen molar-refractivity contribution in [2.45, 2.75) is 24.6 Å². The molecule has 47 heavy (non-hydrogen) atoms. The third kappa shape index (κ3) is 7.18. The van der Waals surface area contributed by atoms with Gasteiger partial charge in [-0.05, 0) is 71.8 Å².